The van der Waals surface area contributed by atoms with Gasteiger partial charge in [-0.05, 0) is 24.1 Å². The Morgan fingerprint density at radius 3 is 2.29 bits per heavy atom. The third kappa shape index (κ3) is 3.27. The molecular weight excluding hydrogens is 302 g/mol. The minimum Gasteiger partial charge on any atom is -0.363 e. The van der Waals surface area contributed by atoms with E-state index in [1.165, 1.54) is 5.56 Å². The summed E-state index contributed by atoms with van der Waals surface area (Å²) < 4.78 is 1.77. The first-order valence-electron chi connectivity index (χ1n) is 7.72. The number of anilines is 2. The average molecular weight is 321 g/mol. The maximum Gasteiger partial charge on any atom is 0.286 e. The highest BCUT2D eigenvalue weighted by Gasteiger charge is 2.19. The van der Waals surface area contributed by atoms with Crippen molar-refractivity contribution >= 4 is 17.5 Å². The quantitative estimate of drug-likeness (QED) is 0.756. The van der Waals surface area contributed by atoms with Gasteiger partial charge in [-0.1, -0.05) is 48.5 Å². The summed E-state index contributed by atoms with van der Waals surface area (Å²) in [6.45, 7) is 0.571. The summed E-state index contributed by atoms with van der Waals surface area (Å²) in [5.41, 5.74) is 7.59. The molecule has 0 bridgehead atoms. The van der Waals surface area contributed by atoms with Crippen LogP contribution < -0.4 is 10.6 Å². The minimum absolute atomic E-state index is 0.170. The molecule has 0 atom stereocenters. The number of aryl methyl sites for hydroxylation is 1. The van der Waals surface area contributed by atoms with Crippen molar-refractivity contribution in [3.05, 3.63) is 72.1 Å². The van der Waals surface area contributed by atoms with Crippen LogP contribution in [-0.4, -0.2) is 27.7 Å². The number of hydrogen-bond acceptors (Lipinski definition) is 4. The lowest BCUT2D eigenvalue weighted by molar-refractivity contribution is 0.0986. The lowest BCUT2D eigenvalue weighted by Crippen LogP contribution is -2.22. The molecule has 0 spiro atoms. The molecule has 3 rings (SSSR count). The number of para-hydroxylation sites is 1. The maximum atomic E-state index is 11.7. The van der Waals surface area contributed by atoms with Crippen molar-refractivity contribution < 1.29 is 4.79 Å². The molecule has 0 aliphatic rings. The van der Waals surface area contributed by atoms with Crippen LogP contribution in [0, 0.1) is 0 Å². The number of nitrogens with two attached hydrogens (primary N) is 1. The molecule has 6 heteroatoms. The molecule has 2 aromatic carbocycles. The lowest BCUT2D eigenvalue weighted by atomic mass is 10.1. The van der Waals surface area contributed by atoms with Crippen molar-refractivity contribution in [2.75, 3.05) is 11.9 Å². The van der Waals surface area contributed by atoms with Crippen LogP contribution in [0.5, 0.6) is 0 Å². The smallest absolute Gasteiger partial charge is 0.286 e. The largest absolute Gasteiger partial charge is 0.363 e. The molecule has 24 heavy (non-hydrogen) atoms. The minimum atomic E-state index is -0.580. The number of benzene rings is 2. The Kier molecular flexibility index (Phi) is 4.56. The van der Waals surface area contributed by atoms with E-state index in [1.54, 1.807) is 4.57 Å². The number of aromatic nitrogens is 3. The first-order chi connectivity index (χ1) is 11.7. The predicted octanol–water partition coefficient (Wildman–Crippen LogP) is 2.39. The molecule has 1 aromatic heterocycles. The Morgan fingerprint density at radius 1 is 1.04 bits per heavy atom. The summed E-state index contributed by atoms with van der Waals surface area (Å²) in [7, 11) is 1.89. The van der Waals surface area contributed by atoms with Crippen molar-refractivity contribution in [3.63, 3.8) is 0 Å². The van der Waals surface area contributed by atoms with Crippen LogP contribution >= 0.6 is 0 Å². The fraction of sp³-hybridized carbons (Fsp3) is 0.167. The normalized spacial score (nSPS) is 10.5. The van der Waals surface area contributed by atoms with Gasteiger partial charge in [0.25, 0.3) is 5.91 Å². The summed E-state index contributed by atoms with van der Waals surface area (Å²) >= 11 is 0. The van der Waals surface area contributed by atoms with Gasteiger partial charge < -0.3 is 10.6 Å². The van der Waals surface area contributed by atoms with Crippen LogP contribution in [0.4, 0.5) is 11.6 Å². The average Bonchev–Trinajstić information content (AvgIpc) is 3.05. The maximum absolute atomic E-state index is 11.7. The zero-order valence-electron chi connectivity index (χ0n) is 13.5. The Hall–Kier alpha value is -3.15. The molecule has 1 heterocycles. The second-order valence-corrected chi connectivity index (χ2v) is 5.47. The summed E-state index contributed by atoms with van der Waals surface area (Å²) in [6.07, 6.45) is 0.759. The third-order valence-electron chi connectivity index (χ3n) is 3.86. The molecule has 0 radical (unpaired) electrons. The van der Waals surface area contributed by atoms with E-state index in [9.17, 15) is 4.79 Å². The summed E-state index contributed by atoms with van der Waals surface area (Å²) in [5.74, 6) is 0.179. The molecule has 0 saturated carbocycles. The van der Waals surface area contributed by atoms with E-state index in [2.05, 4.69) is 22.3 Å². The molecule has 0 aliphatic carbocycles. The Balaban J connectivity index is 1.91. The van der Waals surface area contributed by atoms with E-state index >= 15 is 0 Å². The number of nitrogens with zero attached hydrogens (tertiary/aromatic N) is 4. The zero-order valence-corrected chi connectivity index (χ0v) is 13.5. The Labute approximate surface area is 140 Å². The van der Waals surface area contributed by atoms with E-state index in [4.69, 9.17) is 5.73 Å². The van der Waals surface area contributed by atoms with Crippen LogP contribution in [0.25, 0.3) is 0 Å². The highest BCUT2D eigenvalue weighted by atomic mass is 16.1. The molecule has 3 aromatic rings. The van der Waals surface area contributed by atoms with E-state index in [-0.39, 0.29) is 5.82 Å². The van der Waals surface area contributed by atoms with Gasteiger partial charge in [-0.25, -0.2) is 0 Å². The number of amides is 1. The van der Waals surface area contributed by atoms with Gasteiger partial charge in [0.05, 0.1) is 0 Å². The van der Waals surface area contributed by atoms with Crippen molar-refractivity contribution in [2.24, 2.45) is 5.73 Å². The van der Waals surface area contributed by atoms with Crippen molar-refractivity contribution in [2.45, 2.75) is 13.0 Å². The first-order valence-corrected chi connectivity index (χ1v) is 7.72. The molecule has 6 nitrogen and oxygen atoms in total. The monoisotopic (exact) mass is 321 g/mol. The Morgan fingerprint density at radius 2 is 1.67 bits per heavy atom. The van der Waals surface area contributed by atoms with Crippen LogP contribution in [0.15, 0.2) is 60.7 Å². The molecule has 122 valence electrons. The van der Waals surface area contributed by atoms with E-state index < -0.39 is 5.91 Å². The lowest BCUT2D eigenvalue weighted by Gasteiger charge is -2.19. The van der Waals surface area contributed by atoms with Gasteiger partial charge in [0.2, 0.25) is 11.8 Å². The third-order valence-corrected chi connectivity index (χ3v) is 3.86. The van der Waals surface area contributed by atoms with Gasteiger partial charge in [-0.2, -0.15) is 0 Å². The number of carbonyl (C=O) groups is 1. The van der Waals surface area contributed by atoms with Gasteiger partial charge in [0.1, 0.15) is 0 Å². The van der Waals surface area contributed by atoms with Gasteiger partial charge >= 0.3 is 0 Å². The van der Waals surface area contributed by atoms with Crippen LogP contribution in [-0.2, 0) is 13.0 Å². The number of primary amides is 1. The van der Waals surface area contributed by atoms with Gasteiger partial charge in [-0.3, -0.25) is 9.36 Å². The van der Waals surface area contributed by atoms with Crippen molar-refractivity contribution in [3.8, 4) is 0 Å². The van der Waals surface area contributed by atoms with Crippen LogP contribution in [0.2, 0.25) is 0 Å². The predicted molar refractivity (Wildman–Crippen MR) is 93.2 cm³/mol. The molecule has 0 fully saturated rings. The number of carbonyl (C=O) groups excluding carboxylic acids is 1. The highest BCUT2D eigenvalue weighted by molar-refractivity contribution is 5.89. The molecule has 0 saturated heterocycles. The van der Waals surface area contributed by atoms with Crippen LogP contribution in [0.3, 0.4) is 0 Å². The van der Waals surface area contributed by atoms with Gasteiger partial charge in [0, 0.05) is 19.3 Å². The summed E-state index contributed by atoms with van der Waals surface area (Å²) in [5, 5.41) is 8.14. The SMILES string of the molecule is CN(c1ccccc1)c1nnc(C(N)=O)n1CCc1ccccc1. The number of hydrogen-bond donors (Lipinski definition) is 1. The fourth-order valence-corrected chi connectivity index (χ4v) is 2.58. The molecule has 2 N–H and O–H groups in total. The van der Waals surface area contributed by atoms with Crippen molar-refractivity contribution in [1.29, 1.82) is 0 Å². The molecular formula is C18H19N5O. The highest BCUT2D eigenvalue weighted by Crippen LogP contribution is 2.22. The van der Waals surface area contributed by atoms with Gasteiger partial charge in [0.15, 0.2) is 0 Å². The first kappa shape index (κ1) is 15.7. The second kappa shape index (κ2) is 6.95. The Bertz CT molecular complexity index is 814. The van der Waals surface area contributed by atoms with Gasteiger partial charge in [-0.15, -0.1) is 10.2 Å². The van der Waals surface area contributed by atoms with Crippen molar-refractivity contribution in [1.82, 2.24) is 14.8 Å². The summed E-state index contributed by atoms with van der Waals surface area (Å²) in [6, 6.07) is 19.9. The molecule has 0 aliphatic heterocycles. The number of rotatable bonds is 6. The topological polar surface area (TPSA) is 77.0 Å². The molecule has 0 unspecified atom stereocenters. The summed E-state index contributed by atoms with van der Waals surface area (Å²) in [4.78, 5) is 13.6. The van der Waals surface area contributed by atoms with E-state index in [0.29, 0.717) is 12.5 Å². The van der Waals surface area contributed by atoms with E-state index in [0.717, 1.165) is 12.1 Å². The van der Waals surface area contributed by atoms with Crippen LogP contribution in [0.1, 0.15) is 16.2 Å². The standard InChI is InChI=1S/C18H19N5O/c1-22(15-10-6-3-7-11-15)18-21-20-17(16(19)24)23(18)13-12-14-8-4-2-5-9-14/h2-11H,12-13H2,1H3,(H2,19,24). The van der Waals surface area contributed by atoms with E-state index in [1.807, 2.05) is 60.5 Å². The molecule has 1 amide bonds. The zero-order chi connectivity index (χ0) is 16.9. The second-order valence-electron chi connectivity index (χ2n) is 5.47. The fourth-order valence-electron chi connectivity index (χ4n) is 2.58.